The molecule has 456 valence electrons. The van der Waals surface area contributed by atoms with Gasteiger partial charge < -0.3 is 47.9 Å². The number of hydrogen-bond donors (Lipinski definition) is 6. The summed E-state index contributed by atoms with van der Waals surface area (Å²) in [5.74, 6) is 2.40. The number of aromatic nitrogens is 12. The number of pyridine rings is 1. The van der Waals surface area contributed by atoms with Crippen LogP contribution in [0.3, 0.4) is 0 Å². The standard InChI is InChI=1S/C22H22N6OS.C21H21N7OS.C20H20N8OS/c23-20(29)19-12-15(14-30-19)18-13-25-21(22-24-8-11-28(18)22)26-16-4-6-17(7-5-16)27-9-2-1-3-10-27;22-19(29)17-10-14(13-30-17)16-12-25-20(21-23-6-9-28(16)21)26-15-4-5-18(24-11-15)27-7-2-1-3-8-27;21-17(29)16-8-13(12-30-16)15-11-23-18(19-22-4-7-28(15)19)26-14-9-24-20(25-10-14)27-5-2-1-3-6-27/h4-8,11-14H,1-3,9-10H2,(H2,23,29)(H,25,26);4-6,9-13H,1-3,7-8H2,(H2,22,29)(H,25,26);4,7-12H,1-3,5-6H2,(H2,21,29)(H,23,26). The maximum atomic E-state index is 11.4. The normalized spacial score (nSPS) is 14.2. The van der Waals surface area contributed by atoms with Gasteiger partial charge in [0.25, 0.3) is 17.7 Å². The number of fused-ring (bicyclic) bond motifs is 3. The molecule has 3 aliphatic rings. The lowest BCUT2D eigenvalue weighted by Gasteiger charge is -2.28. The second-order valence-electron chi connectivity index (χ2n) is 21.8. The van der Waals surface area contributed by atoms with Gasteiger partial charge in [-0.3, -0.25) is 27.6 Å². The van der Waals surface area contributed by atoms with E-state index >= 15 is 0 Å². The summed E-state index contributed by atoms with van der Waals surface area (Å²) in [4.78, 5) is 83.5. The lowest BCUT2D eigenvalue weighted by Crippen LogP contribution is -2.30. The molecule has 0 saturated carbocycles. The van der Waals surface area contributed by atoms with Crippen molar-refractivity contribution in [1.82, 2.24) is 58.1 Å². The first-order chi connectivity index (χ1) is 44.1. The van der Waals surface area contributed by atoms with Crippen molar-refractivity contribution in [2.75, 3.05) is 69.9 Å². The molecule has 0 radical (unpaired) electrons. The number of benzene rings is 1. The van der Waals surface area contributed by atoms with E-state index in [1.165, 1.54) is 97.5 Å². The van der Waals surface area contributed by atoms with Crippen LogP contribution in [0, 0.1) is 0 Å². The van der Waals surface area contributed by atoms with Gasteiger partial charge in [-0.15, -0.1) is 34.0 Å². The lowest BCUT2D eigenvalue weighted by molar-refractivity contribution is 0.0995. The number of carbonyl (C=O) groups is 3. The summed E-state index contributed by atoms with van der Waals surface area (Å²) in [6.07, 6.45) is 32.7. The van der Waals surface area contributed by atoms with Crippen molar-refractivity contribution in [3.8, 4) is 33.8 Å². The Balaban J connectivity index is 0.000000124. The largest absolute Gasteiger partial charge is 0.372 e. The monoisotopic (exact) mass is 1260 g/mol. The highest BCUT2D eigenvalue weighted by Gasteiger charge is 2.20. The fraction of sp³-hybridized carbons (Fsp3) is 0.238. The van der Waals surface area contributed by atoms with E-state index in [0.29, 0.717) is 43.4 Å². The second-order valence-corrected chi connectivity index (χ2v) is 24.5. The highest BCUT2D eigenvalue weighted by Crippen LogP contribution is 2.33. The third-order valence-corrected chi connectivity index (χ3v) is 18.6. The number of hydrogen-bond acceptors (Lipinski definition) is 21. The molecule has 14 heterocycles. The average molecular weight is 1260 g/mol. The van der Waals surface area contributed by atoms with Gasteiger partial charge in [-0.25, -0.2) is 44.9 Å². The zero-order chi connectivity index (χ0) is 61.5. The van der Waals surface area contributed by atoms with Crippen LogP contribution >= 0.6 is 34.0 Å². The molecule has 0 spiro atoms. The Kier molecular flexibility index (Phi) is 17.3. The van der Waals surface area contributed by atoms with Crippen molar-refractivity contribution in [3.05, 3.63) is 160 Å². The Morgan fingerprint density at radius 1 is 0.389 bits per heavy atom. The summed E-state index contributed by atoms with van der Waals surface area (Å²) in [7, 11) is 0. The van der Waals surface area contributed by atoms with E-state index in [-0.39, 0.29) is 0 Å². The zero-order valence-electron chi connectivity index (χ0n) is 48.9. The molecule has 12 aromatic rings. The molecule has 3 aliphatic heterocycles. The van der Waals surface area contributed by atoms with Gasteiger partial charge in [-0.2, -0.15) is 0 Å². The number of primary amides is 3. The number of nitrogens with one attached hydrogen (secondary N) is 3. The zero-order valence-corrected chi connectivity index (χ0v) is 51.3. The Bertz CT molecular complexity index is 4030. The van der Waals surface area contributed by atoms with Crippen LogP contribution in [0.1, 0.15) is 86.8 Å². The number of rotatable bonds is 15. The molecule has 90 heavy (non-hydrogen) atoms. The minimum Gasteiger partial charge on any atom is -0.372 e. The molecule has 0 atom stereocenters. The van der Waals surface area contributed by atoms with E-state index in [9.17, 15) is 14.4 Å². The molecule has 3 saturated heterocycles. The topological polar surface area (TPSA) is 304 Å². The summed E-state index contributed by atoms with van der Waals surface area (Å²) in [5.41, 5.74) is 27.2. The molecular weight excluding hydrogens is 1200 g/mol. The molecule has 0 aliphatic carbocycles. The number of amides is 3. The molecular formula is C63H63N21O3S3. The van der Waals surface area contributed by atoms with Crippen molar-refractivity contribution < 1.29 is 14.4 Å². The average Bonchev–Trinajstić information content (AvgIpc) is 1.76. The van der Waals surface area contributed by atoms with E-state index in [1.54, 1.807) is 67.8 Å². The van der Waals surface area contributed by atoms with Gasteiger partial charge >= 0.3 is 0 Å². The summed E-state index contributed by atoms with van der Waals surface area (Å²) in [5, 5.41) is 15.6. The Labute approximate surface area is 528 Å². The Morgan fingerprint density at radius 2 is 0.767 bits per heavy atom. The summed E-state index contributed by atoms with van der Waals surface area (Å²) < 4.78 is 5.83. The highest BCUT2D eigenvalue weighted by atomic mass is 32.1. The van der Waals surface area contributed by atoms with E-state index in [4.69, 9.17) is 17.2 Å². The lowest BCUT2D eigenvalue weighted by atomic mass is 10.1. The van der Waals surface area contributed by atoms with Crippen LogP contribution in [-0.4, -0.2) is 115 Å². The van der Waals surface area contributed by atoms with Crippen LogP contribution in [0.2, 0.25) is 0 Å². The third-order valence-electron chi connectivity index (χ3n) is 15.8. The van der Waals surface area contributed by atoms with Gasteiger partial charge in [0.05, 0.1) is 80.3 Å². The van der Waals surface area contributed by atoms with Crippen molar-refractivity contribution in [3.63, 3.8) is 0 Å². The molecule has 15 rings (SSSR count). The molecule has 27 heteroatoms. The van der Waals surface area contributed by atoms with E-state index in [2.05, 4.69) is 99.8 Å². The smallest absolute Gasteiger partial charge is 0.258 e. The van der Waals surface area contributed by atoms with Gasteiger partial charge in [0.1, 0.15) is 5.82 Å². The maximum Gasteiger partial charge on any atom is 0.258 e. The first kappa shape index (κ1) is 58.6. The maximum absolute atomic E-state index is 11.4. The summed E-state index contributed by atoms with van der Waals surface area (Å²) in [6.45, 7) is 6.40. The van der Waals surface area contributed by atoms with Crippen LogP contribution < -0.4 is 47.9 Å². The van der Waals surface area contributed by atoms with Crippen molar-refractivity contribution in [2.24, 2.45) is 17.2 Å². The first-order valence-electron chi connectivity index (χ1n) is 29.6. The van der Waals surface area contributed by atoms with Gasteiger partial charge in [0, 0.05) is 121 Å². The molecule has 0 unspecified atom stereocenters. The number of imidazole rings is 3. The van der Waals surface area contributed by atoms with E-state index in [1.807, 2.05) is 66.3 Å². The van der Waals surface area contributed by atoms with Crippen LogP contribution in [0.5, 0.6) is 0 Å². The van der Waals surface area contributed by atoms with Crippen molar-refractivity contribution in [1.29, 1.82) is 0 Å². The highest BCUT2D eigenvalue weighted by molar-refractivity contribution is 7.13. The molecule has 1 aromatic carbocycles. The predicted octanol–water partition coefficient (Wildman–Crippen LogP) is 11.1. The van der Waals surface area contributed by atoms with Crippen LogP contribution in [0.25, 0.3) is 50.7 Å². The second kappa shape index (κ2) is 26.5. The van der Waals surface area contributed by atoms with Crippen molar-refractivity contribution >= 4 is 121 Å². The SMILES string of the molecule is NC(=O)c1cc(-c2cnc(Nc3ccc(N4CCCCC4)cc3)c3nccn23)cs1.NC(=O)c1cc(-c2cnc(Nc3ccc(N4CCCCC4)nc3)c3nccn23)cs1.NC(=O)c1cc(-c2cnc(Nc3cnc(N4CCCCC4)nc3)c3nccn23)cs1. The van der Waals surface area contributed by atoms with Crippen LogP contribution in [0.15, 0.2) is 145 Å². The number of piperidine rings is 3. The first-order valence-corrected chi connectivity index (χ1v) is 32.3. The van der Waals surface area contributed by atoms with Crippen molar-refractivity contribution in [2.45, 2.75) is 57.8 Å². The summed E-state index contributed by atoms with van der Waals surface area (Å²) >= 11 is 3.96. The molecule has 11 aromatic heterocycles. The number of nitrogens with two attached hydrogens (primary N) is 3. The van der Waals surface area contributed by atoms with Crippen LogP contribution in [-0.2, 0) is 0 Å². The number of carbonyl (C=O) groups excluding carboxylic acids is 3. The number of anilines is 9. The quantitative estimate of drug-likeness (QED) is 0.0556. The Morgan fingerprint density at radius 3 is 1.17 bits per heavy atom. The fourth-order valence-electron chi connectivity index (χ4n) is 11.2. The van der Waals surface area contributed by atoms with Crippen LogP contribution in [0.4, 0.5) is 52.0 Å². The fourth-order valence-corrected chi connectivity index (χ4v) is 13.5. The minimum absolute atomic E-state index is 0.424. The van der Waals surface area contributed by atoms with Gasteiger partial charge in [0.15, 0.2) is 34.4 Å². The van der Waals surface area contributed by atoms with Gasteiger partial charge in [-0.05, 0) is 112 Å². The summed E-state index contributed by atoms with van der Waals surface area (Å²) in [6, 6.07) is 17.9. The number of nitrogens with zero attached hydrogens (tertiary/aromatic N) is 15. The van der Waals surface area contributed by atoms with Gasteiger partial charge in [-0.1, -0.05) is 0 Å². The molecule has 0 bridgehead atoms. The molecule has 24 nitrogen and oxygen atoms in total. The minimum atomic E-state index is -0.438. The Hall–Kier alpha value is -10.4. The predicted molar refractivity (Wildman–Crippen MR) is 355 cm³/mol. The third kappa shape index (κ3) is 12.9. The molecule has 3 amide bonds. The molecule has 9 N–H and O–H groups in total. The van der Waals surface area contributed by atoms with E-state index in [0.717, 1.165) is 108 Å². The molecule has 3 fully saturated rings. The number of thiophene rings is 3. The van der Waals surface area contributed by atoms with E-state index < -0.39 is 17.7 Å². The van der Waals surface area contributed by atoms with Gasteiger partial charge in [0.2, 0.25) is 5.95 Å².